The fourth-order valence-corrected chi connectivity index (χ4v) is 2.25. The first-order valence-electron chi connectivity index (χ1n) is 7.99. The topological polar surface area (TPSA) is 37.3 Å². The van der Waals surface area contributed by atoms with Gasteiger partial charge in [-0.05, 0) is 26.7 Å². The van der Waals surface area contributed by atoms with Gasteiger partial charge in [0.15, 0.2) is 0 Å². The van der Waals surface area contributed by atoms with Gasteiger partial charge >= 0.3 is 5.97 Å². The number of aliphatic carboxylic acids is 1. The Kier molecular flexibility index (Phi) is 11.7. The third-order valence-electron chi connectivity index (χ3n) is 3.87. The van der Waals surface area contributed by atoms with Crippen molar-refractivity contribution in [2.45, 2.75) is 91.4 Å². The lowest BCUT2D eigenvalue weighted by Gasteiger charge is -2.05. The fraction of sp³-hybridized carbons (Fsp3) is 0.824. The molecule has 2 heteroatoms. The Morgan fingerprint density at radius 3 is 1.63 bits per heavy atom. The van der Waals surface area contributed by atoms with Gasteiger partial charge in [-0.1, -0.05) is 70.3 Å². The lowest BCUT2D eigenvalue weighted by molar-refractivity contribution is -0.132. The number of rotatable bonds is 12. The Morgan fingerprint density at radius 1 is 0.789 bits per heavy atom. The van der Waals surface area contributed by atoms with Crippen molar-refractivity contribution in [2.75, 3.05) is 0 Å². The van der Waals surface area contributed by atoms with Crippen LogP contribution in [0.3, 0.4) is 0 Å². The highest BCUT2D eigenvalue weighted by atomic mass is 16.4. The zero-order chi connectivity index (χ0) is 14.5. The standard InChI is InChI=1S/C17H32O2/c1-4-5-6-7-8-9-10-11-12-13-14-15(2)16(3)17(18)19/h4-14H2,1-3H3,(H,18,19). The molecule has 0 saturated heterocycles. The molecule has 0 aliphatic heterocycles. The molecule has 1 N–H and O–H groups in total. The molecule has 0 spiro atoms. The maximum atomic E-state index is 10.8. The predicted octanol–water partition coefficient (Wildman–Crippen LogP) is 5.72. The third-order valence-corrected chi connectivity index (χ3v) is 3.87. The minimum absolute atomic E-state index is 0.524. The third kappa shape index (κ3) is 10.8. The molecule has 112 valence electrons. The smallest absolute Gasteiger partial charge is 0.331 e. The van der Waals surface area contributed by atoms with Gasteiger partial charge in [-0.3, -0.25) is 0 Å². The summed E-state index contributed by atoms with van der Waals surface area (Å²) in [6, 6.07) is 0. The normalized spacial score (nSPS) is 12.4. The highest BCUT2D eigenvalue weighted by molar-refractivity contribution is 5.86. The number of carboxylic acid groups (broad SMARTS) is 1. The molecule has 0 aliphatic rings. The van der Waals surface area contributed by atoms with Crippen molar-refractivity contribution in [3.05, 3.63) is 11.1 Å². The maximum absolute atomic E-state index is 10.8. The minimum Gasteiger partial charge on any atom is -0.478 e. The summed E-state index contributed by atoms with van der Waals surface area (Å²) in [5.41, 5.74) is 1.56. The van der Waals surface area contributed by atoms with Crippen LogP contribution in [0.5, 0.6) is 0 Å². The van der Waals surface area contributed by atoms with Crippen LogP contribution in [0, 0.1) is 0 Å². The van der Waals surface area contributed by atoms with Crippen molar-refractivity contribution in [1.29, 1.82) is 0 Å². The van der Waals surface area contributed by atoms with Crippen LogP contribution in [-0.2, 0) is 4.79 Å². The van der Waals surface area contributed by atoms with Gasteiger partial charge in [-0.2, -0.15) is 0 Å². The lowest BCUT2D eigenvalue weighted by atomic mass is 10.0. The van der Waals surface area contributed by atoms with Crippen LogP contribution in [-0.4, -0.2) is 11.1 Å². The van der Waals surface area contributed by atoms with E-state index in [2.05, 4.69) is 6.92 Å². The van der Waals surface area contributed by atoms with E-state index in [4.69, 9.17) is 5.11 Å². The zero-order valence-electron chi connectivity index (χ0n) is 13.1. The minimum atomic E-state index is -0.774. The molecule has 0 aromatic rings. The zero-order valence-corrected chi connectivity index (χ0v) is 13.1. The van der Waals surface area contributed by atoms with Crippen molar-refractivity contribution < 1.29 is 9.90 Å². The molecule has 0 aliphatic carbocycles. The summed E-state index contributed by atoms with van der Waals surface area (Å²) < 4.78 is 0. The van der Waals surface area contributed by atoms with E-state index in [0.29, 0.717) is 5.57 Å². The molecule has 0 aromatic heterocycles. The van der Waals surface area contributed by atoms with Crippen LogP contribution in [0.15, 0.2) is 11.1 Å². The predicted molar refractivity (Wildman–Crippen MR) is 82.5 cm³/mol. The van der Waals surface area contributed by atoms with E-state index in [1.54, 1.807) is 6.92 Å². The molecule has 0 bridgehead atoms. The van der Waals surface area contributed by atoms with E-state index in [1.807, 2.05) is 6.92 Å². The molecule has 0 aromatic carbocycles. The monoisotopic (exact) mass is 268 g/mol. The number of hydrogen-bond donors (Lipinski definition) is 1. The molecule has 0 saturated carbocycles. The van der Waals surface area contributed by atoms with Crippen LogP contribution in [0.25, 0.3) is 0 Å². The molecule has 0 heterocycles. The van der Waals surface area contributed by atoms with Crippen molar-refractivity contribution >= 4 is 5.97 Å². The number of hydrogen-bond acceptors (Lipinski definition) is 1. The van der Waals surface area contributed by atoms with E-state index < -0.39 is 5.97 Å². The van der Waals surface area contributed by atoms with Crippen LogP contribution in [0.1, 0.15) is 91.4 Å². The van der Waals surface area contributed by atoms with Gasteiger partial charge < -0.3 is 5.11 Å². The second kappa shape index (κ2) is 12.3. The van der Waals surface area contributed by atoms with Gasteiger partial charge in [0, 0.05) is 5.57 Å². The van der Waals surface area contributed by atoms with E-state index in [0.717, 1.165) is 18.4 Å². The molecule has 0 atom stereocenters. The van der Waals surface area contributed by atoms with E-state index >= 15 is 0 Å². The highest BCUT2D eigenvalue weighted by Crippen LogP contribution is 2.15. The Bertz CT molecular complexity index is 266. The van der Waals surface area contributed by atoms with Crippen LogP contribution in [0.4, 0.5) is 0 Å². The molecule has 19 heavy (non-hydrogen) atoms. The quantitative estimate of drug-likeness (QED) is 0.363. The highest BCUT2D eigenvalue weighted by Gasteiger charge is 2.04. The Labute approximate surface area is 119 Å². The number of carboxylic acids is 1. The molecule has 2 nitrogen and oxygen atoms in total. The average molecular weight is 268 g/mol. The van der Waals surface area contributed by atoms with E-state index in [-0.39, 0.29) is 0 Å². The summed E-state index contributed by atoms with van der Waals surface area (Å²) in [4.78, 5) is 10.8. The number of allylic oxidation sites excluding steroid dienone is 1. The fourth-order valence-electron chi connectivity index (χ4n) is 2.25. The van der Waals surface area contributed by atoms with Crippen LogP contribution in [0.2, 0.25) is 0 Å². The summed E-state index contributed by atoms with van der Waals surface area (Å²) in [5.74, 6) is -0.774. The van der Waals surface area contributed by atoms with E-state index in [1.165, 1.54) is 57.8 Å². The SMILES string of the molecule is CCCCCCCCCCCCC(C)=C(C)C(=O)O. The van der Waals surface area contributed by atoms with Gasteiger partial charge in [-0.25, -0.2) is 4.79 Å². The van der Waals surface area contributed by atoms with Crippen molar-refractivity contribution in [1.82, 2.24) is 0 Å². The Balaban J connectivity index is 3.36. The first kappa shape index (κ1) is 18.2. The molecule has 0 rings (SSSR count). The number of unbranched alkanes of at least 4 members (excludes halogenated alkanes) is 9. The molecule has 0 unspecified atom stereocenters. The molecule has 0 amide bonds. The molecular formula is C17H32O2. The maximum Gasteiger partial charge on any atom is 0.331 e. The van der Waals surface area contributed by atoms with Crippen molar-refractivity contribution in [2.24, 2.45) is 0 Å². The summed E-state index contributed by atoms with van der Waals surface area (Å²) in [7, 11) is 0. The first-order valence-corrected chi connectivity index (χ1v) is 7.99. The summed E-state index contributed by atoms with van der Waals surface area (Å²) in [5, 5.41) is 8.86. The summed E-state index contributed by atoms with van der Waals surface area (Å²) >= 11 is 0. The van der Waals surface area contributed by atoms with E-state index in [9.17, 15) is 4.79 Å². The summed E-state index contributed by atoms with van der Waals surface area (Å²) in [6.45, 7) is 5.90. The Morgan fingerprint density at radius 2 is 1.21 bits per heavy atom. The van der Waals surface area contributed by atoms with Crippen LogP contribution < -0.4 is 0 Å². The van der Waals surface area contributed by atoms with Gasteiger partial charge in [0.2, 0.25) is 0 Å². The van der Waals surface area contributed by atoms with Gasteiger partial charge in [-0.15, -0.1) is 0 Å². The van der Waals surface area contributed by atoms with Crippen molar-refractivity contribution in [3.63, 3.8) is 0 Å². The lowest BCUT2D eigenvalue weighted by Crippen LogP contribution is -1.99. The average Bonchev–Trinajstić information content (AvgIpc) is 2.39. The second-order valence-electron chi connectivity index (χ2n) is 5.64. The second-order valence-corrected chi connectivity index (χ2v) is 5.64. The number of carbonyl (C=O) groups is 1. The molecule has 0 radical (unpaired) electrons. The molecule has 0 fully saturated rings. The summed E-state index contributed by atoms with van der Waals surface area (Å²) in [6.07, 6.45) is 14.2. The largest absolute Gasteiger partial charge is 0.478 e. The first-order chi connectivity index (χ1) is 9.09. The van der Waals surface area contributed by atoms with Crippen molar-refractivity contribution in [3.8, 4) is 0 Å². The van der Waals surface area contributed by atoms with Crippen LogP contribution >= 0.6 is 0 Å². The molecular weight excluding hydrogens is 236 g/mol. The van der Waals surface area contributed by atoms with Gasteiger partial charge in [0.25, 0.3) is 0 Å². The van der Waals surface area contributed by atoms with Gasteiger partial charge in [0.05, 0.1) is 0 Å². The Hall–Kier alpha value is -0.790. The van der Waals surface area contributed by atoms with Gasteiger partial charge in [0.1, 0.15) is 0 Å².